The summed E-state index contributed by atoms with van der Waals surface area (Å²) in [5.41, 5.74) is 0. The third-order valence-corrected chi connectivity index (χ3v) is 1.21. The second-order valence-electron chi connectivity index (χ2n) is 1.65. The standard InChI is InChI=1S/C5H4BrN3O2/c6-5-7-3-9(8-5)2-1-4(10)11/h1-3H,(H,10,11). The van der Waals surface area contributed by atoms with E-state index in [-0.39, 0.29) is 0 Å². The maximum absolute atomic E-state index is 10.0. The summed E-state index contributed by atoms with van der Waals surface area (Å²) in [5, 5.41) is 12.0. The Labute approximate surface area is 70.5 Å². The number of hydrogen-bond donors (Lipinski definition) is 1. The molecule has 1 aromatic heterocycles. The van der Waals surface area contributed by atoms with Gasteiger partial charge in [0.2, 0.25) is 4.73 Å². The highest BCUT2D eigenvalue weighted by molar-refractivity contribution is 9.10. The van der Waals surface area contributed by atoms with E-state index in [1.807, 2.05) is 0 Å². The minimum absolute atomic E-state index is 0.424. The lowest BCUT2D eigenvalue weighted by molar-refractivity contribution is -0.131. The van der Waals surface area contributed by atoms with Crippen LogP contribution in [0.1, 0.15) is 0 Å². The first-order valence-corrected chi connectivity index (χ1v) is 3.45. The zero-order valence-electron chi connectivity index (χ0n) is 5.31. The van der Waals surface area contributed by atoms with Gasteiger partial charge in [-0.25, -0.2) is 14.5 Å². The number of aliphatic carboxylic acids is 1. The van der Waals surface area contributed by atoms with Gasteiger partial charge in [-0.1, -0.05) is 0 Å². The maximum atomic E-state index is 10.0. The number of aromatic nitrogens is 3. The SMILES string of the molecule is O=C(O)C=Cn1cnc(Br)n1. The summed E-state index contributed by atoms with van der Waals surface area (Å²) in [7, 11) is 0. The molecule has 0 radical (unpaired) electrons. The van der Waals surface area contributed by atoms with Crippen molar-refractivity contribution in [3.63, 3.8) is 0 Å². The summed E-state index contributed by atoms with van der Waals surface area (Å²) in [5.74, 6) is -1.02. The number of rotatable bonds is 2. The van der Waals surface area contributed by atoms with E-state index < -0.39 is 5.97 Å². The minimum Gasteiger partial charge on any atom is -0.478 e. The molecule has 0 amide bonds. The van der Waals surface area contributed by atoms with Gasteiger partial charge in [0.25, 0.3) is 0 Å². The van der Waals surface area contributed by atoms with E-state index in [1.54, 1.807) is 0 Å². The van der Waals surface area contributed by atoms with E-state index >= 15 is 0 Å². The van der Waals surface area contributed by atoms with Crippen LogP contribution in [0.4, 0.5) is 0 Å². The van der Waals surface area contributed by atoms with Crippen molar-refractivity contribution in [3.8, 4) is 0 Å². The van der Waals surface area contributed by atoms with Crippen molar-refractivity contribution >= 4 is 28.1 Å². The third-order valence-electron chi connectivity index (χ3n) is 0.850. The van der Waals surface area contributed by atoms with Gasteiger partial charge in [-0.15, -0.1) is 5.10 Å². The van der Waals surface area contributed by atoms with Gasteiger partial charge >= 0.3 is 5.97 Å². The predicted molar refractivity (Wildman–Crippen MR) is 40.7 cm³/mol. The molecule has 11 heavy (non-hydrogen) atoms. The van der Waals surface area contributed by atoms with Crippen LogP contribution in [0, 0.1) is 0 Å². The molecule has 1 aromatic rings. The topological polar surface area (TPSA) is 68.0 Å². The van der Waals surface area contributed by atoms with E-state index in [2.05, 4.69) is 26.0 Å². The largest absolute Gasteiger partial charge is 0.478 e. The number of halogens is 1. The van der Waals surface area contributed by atoms with Crippen molar-refractivity contribution in [3.05, 3.63) is 17.1 Å². The van der Waals surface area contributed by atoms with Crippen LogP contribution in [0.2, 0.25) is 0 Å². The van der Waals surface area contributed by atoms with Gasteiger partial charge in [0, 0.05) is 12.3 Å². The average molecular weight is 218 g/mol. The molecular formula is C5H4BrN3O2. The first kappa shape index (κ1) is 7.93. The highest BCUT2D eigenvalue weighted by atomic mass is 79.9. The lowest BCUT2D eigenvalue weighted by atomic mass is 10.6. The molecule has 0 unspecified atom stereocenters. The first-order chi connectivity index (χ1) is 5.18. The average Bonchev–Trinajstić information content (AvgIpc) is 2.31. The fourth-order valence-corrected chi connectivity index (χ4v) is 0.740. The lowest BCUT2D eigenvalue weighted by Gasteiger charge is -1.84. The third kappa shape index (κ3) is 2.50. The van der Waals surface area contributed by atoms with Crippen LogP contribution in [-0.2, 0) is 4.79 Å². The monoisotopic (exact) mass is 217 g/mol. The summed E-state index contributed by atoms with van der Waals surface area (Å²) < 4.78 is 1.71. The van der Waals surface area contributed by atoms with Crippen LogP contribution in [0.3, 0.4) is 0 Å². The van der Waals surface area contributed by atoms with Gasteiger partial charge in [0.15, 0.2) is 0 Å². The molecule has 0 aromatic carbocycles. The van der Waals surface area contributed by atoms with E-state index in [0.29, 0.717) is 4.73 Å². The molecule has 0 saturated carbocycles. The van der Waals surface area contributed by atoms with Gasteiger partial charge in [-0.2, -0.15) is 0 Å². The fraction of sp³-hybridized carbons (Fsp3) is 0. The van der Waals surface area contributed by atoms with Crippen molar-refractivity contribution in [2.24, 2.45) is 0 Å². The Balaban J connectivity index is 2.71. The van der Waals surface area contributed by atoms with Crippen LogP contribution in [0.15, 0.2) is 17.1 Å². The Morgan fingerprint density at radius 2 is 2.55 bits per heavy atom. The normalized spacial score (nSPS) is 10.6. The Morgan fingerprint density at radius 3 is 3.00 bits per heavy atom. The number of carboxylic acid groups (broad SMARTS) is 1. The maximum Gasteiger partial charge on any atom is 0.329 e. The van der Waals surface area contributed by atoms with Crippen molar-refractivity contribution in [2.45, 2.75) is 0 Å². The number of carbonyl (C=O) groups is 1. The Bertz CT molecular complexity index is 294. The molecule has 0 spiro atoms. The summed E-state index contributed by atoms with van der Waals surface area (Å²) in [6.45, 7) is 0. The molecule has 5 nitrogen and oxygen atoms in total. The minimum atomic E-state index is -1.02. The first-order valence-electron chi connectivity index (χ1n) is 2.66. The van der Waals surface area contributed by atoms with E-state index in [9.17, 15) is 4.79 Å². The highest BCUT2D eigenvalue weighted by Gasteiger charge is 1.91. The quantitative estimate of drug-likeness (QED) is 0.737. The Hall–Kier alpha value is -1.17. The molecule has 0 aliphatic rings. The van der Waals surface area contributed by atoms with Gasteiger partial charge < -0.3 is 5.11 Å². The number of hydrogen-bond acceptors (Lipinski definition) is 3. The van der Waals surface area contributed by atoms with Crippen LogP contribution in [0.5, 0.6) is 0 Å². The number of nitrogens with zero attached hydrogens (tertiary/aromatic N) is 3. The molecule has 0 fully saturated rings. The molecule has 1 rings (SSSR count). The summed E-state index contributed by atoms with van der Waals surface area (Å²) >= 11 is 3.01. The van der Waals surface area contributed by atoms with Crippen LogP contribution >= 0.6 is 15.9 Å². The summed E-state index contributed by atoms with van der Waals surface area (Å²) in [6.07, 6.45) is 3.66. The Kier molecular flexibility index (Phi) is 2.37. The van der Waals surface area contributed by atoms with E-state index in [0.717, 1.165) is 6.08 Å². The summed E-state index contributed by atoms with van der Waals surface area (Å²) in [4.78, 5) is 13.7. The van der Waals surface area contributed by atoms with Crippen molar-refractivity contribution in [2.75, 3.05) is 0 Å². The molecule has 0 aliphatic carbocycles. The molecule has 0 bridgehead atoms. The molecule has 58 valence electrons. The van der Waals surface area contributed by atoms with E-state index in [1.165, 1.54) is 17.2 Å². The van der Waals surface area contributed by atoms with Crippen molar-refractivity contribution < 1.29 is 9.90 Å². The van der Waals surface area contributed by atoms with E-state index in [4.69, 9.17) is 5.11 Å². The van der Waals surface area contributed by atoms with Gasteiger partial charge in [-0.05, 0) is 15.9 Å². The van der Waals surface area contributed by atoms with Crippen LogP contribution in [0.25, 0.3) is 6.20 Å². The second kappa shape index (κ2) is 3.29. The predicted octanol–water partition coefficient (Wildman–Crippen LogP) is 0.596. The van der Waals surface area contributed by atoms with Gasteiger partial charge in [0.1, 0.15) is 6.33 Å². The molecule has 0 aliphatic heterocycles. The molecule has 0 atom stereocenters. The van der Waals surface area contributed by atoms with Gasteiger partial charge in [0.05, 0.1) is 0 Å². The molecule has 1 heterocycles. The smallest absolute Gasteiger partial charge is 0.329 e. The zero-order chi connectivity index (χ0) is 8.27. The van der Waals surface area contributed by atoms with Crippen LogP contribution in [-0.4, -0.2) is 25.8 Å². The second-order valence-corrected chi connectivity index (χ2v) is 2.36. The number of carboxylic acids is 1. The van der Waals surface area contributed by atoms with Crippen molar-refractivity contribution in [1.29, 1.82) is 0 Å². The molecule has 6 heteroatoms. The van der Waals surface area contributed by atoms with Crippen LogP contribution < -0.4 is 0 Å². The van der Waals surface area contributed by atoms with Crippen molar-refractivity contribution in [1.82, 2.24) is 14.8 Å². The molecule has 1 N–H and O–H groups in total. The van der Waals surface area contributed by atoms with Gasteiger partial charge in [-0.3, -0.25) is 0 Å². The molecule has 0 saturated heterocycles. The molecular weight excluding hydrogens is 214 g/mol. The Morgan fingerprint density at radius 1 is 1.82 bits per heavy atom. The zero-order valence-corrected chi connectivity index (χ0v) is 6.89. The lowest BCUT2D eigenvalue weighted by Crippen LogP contribution is -1.90. The summed E-state index contributed by atoms with van der Waals surface area (Å²) in [6, 6.07) is 0. The highest BCUT2D eigenvalue weighted by Crippen LogP contribution is 1.98. The fourth-order valence-electron chi connectivity index (χ4n) is 0.466.